The monoisotopic (exact) mass is 296 g/mol. The van der Waals surface area contributed by atoms with Crippen LogP contribution in [0, 0.1) is 17.6 Å². The van der Waals surface area contributed by atoms with Crippen molar-refractivity contribution in [1.82, 2.24) is 10.2 Å². The Morgan fingerprint density at radius 1 is 1.24 bits per heavy atom. The van der Waals surface area contributed by atoms with Crippen LogP contribution < -0.4 is 5.32 Å². The van der Waals surface area contributed by atoms with Gasteiger partial charge in [0.1, 0.15) is 0 Å². The van der Waals surface area contributed by atoms with Crippen LogP contribution in [0.2, 0.25) is 0 Å². The van der Waals surface area contributed by atoms with Crippen molar-refractivity contribution < 1.29 is 8.78 Å². The molecule has 1 aliphatic rings. The van der Waals surface area contributed by atoms with Crippen LogP contribution in [-0.4, -0.2) is 31.1 Å². The van der Waals surface area contributed by atoms with Crippen molar-refractivity contribution in [2.75, 3.05) is 26.2 Å². The van der Waals surface area contributed by atoms with Crippen molar-refractivity contribution in [2.24, 2.45) is 5.92 Å². The molecule has 0 aromatic heterocycles. The predicted octanol–water partition coefficient (Wildman–Crippen LogP) is 3.74. The molecule has 118 valence electrons. The molecule has 4 heteroatoms. The first-order chi connectivity index (χ1) is 10.1. The Labute approximate surface area is 126 Å². The second kappa shape index (κ2) is 7.85. The highest BCUT2D eigenvalue weighted by molar-refractivity contribution is 5.20. The summed E-state index contributed by atoms with van der Waals surface area (Å²) in [4.78, 5) is 2.52. The molecule has 1 aromatic carbocycles. The van der Waals surface area contributed by atoms with Gasteiger partial charge in [0.15, 0.2) is 11.6 Å². The standard InChI is InChI=1S/C17H26F2N2/c1-13-6-10-21(11-7-13)9-3-8-20-14(2)15-4-5-16(18)17(19)12-15/h4-5,12-14,20H,3,6-11H2,1-2H3. The van der Waals surface area contributed by atoms with Gasteiger partial charge in [0, 0.05) is 6.04 Å². The molecular weight excluding hydrogens is 270 g/mol. The molecular formula is C17H26F2N2. The maximum atomic E-state index is 13.2. The van der Waals surface area contributed by atoms with Crippen molar-refractivity contribution in [2.45, 2.75) is 39.2 Å². The SMILES string of the molecule is CC1CCN(CCCNC(C)c2ccc(F)c(F)c2)CC1. The third-order valence-corrected chi connectivity index (χ3v) is 4.42. The zero-order valence-electron chi connectivity index (χ0n) is 13.0. The summed E-state index contributed by atoms with van der Waals surface area (Å²) in [5.74, 6) is -0.693. The molecule has 0 spiro atoms. The van der Waals surface area contributed by atoms with Crippen LogP contribution in [0.5, 0.6) is 0 Å². The van der Waals surface area contributed by atoms with Crippen LogP contribution in [0.15, 0.2) is 18.2 Å². The van der Waals surface area contributed by atoms with E-state index in [-0.39, 0.29) is 6.04 Å². The minimum atomic E-state index is -0.787. The number of halogens is 2. The predicted molar refractivity (Wildman–Crippen MR) is 82.2 cm³/mol. The number of nitrogens with zero attached hydrogens (tertiary/aromatic N) is 1. The highest BCUT2D eigenvalue weighted by atomic mass is 19.2. The number of rotatable bonds is 6. The first-order valence-electron chi connectivity index (χ1n) is 7.97. The Morgan fingerprint density at radius 3 is 2.62 bits per heavy atom. The van der Waals surface area contributed by atoms with Crippen molar-refractivity contribution >= 4 is 0 Å². The van der Waals surface area contributed by atoms with Crippen LogP contribution in [0.4, 0.5) is 8.78 Å². The Bertz CT molecular complexity index is 442. The average Bonchev–Trinajstić information content (AvgIpc) is 2.48. The molecule has 1 unspecified atom stereocenters. The fourth-order valence-corrected chi connectivity index (χ4v) is 2.81. The number of hydrogen-bond donors (Lipinski definition) is 1. The van der Waals surface area contributed by atoms with E-state index in [0.29, 0.717) is 0 Å². The Morgan fingerprint density at radius 2 is 1.95 bits per heavy atom. The summed E-state index contributed by atoms with van der Waals surface area (Å²) in [7, 11) is 0. The molecule has 1 N–H and O–H groups in total. The summed E-state index contributed by atoms with van der Waals surface area (Å²) in [5.41, 5.74) is 0.792. The van der Waals surface area contributed by atoms with Gasteiger partial charge in [-0.05, 0) is 76.0 Å². The molecule has 0 saturated carbocycles. The number of nitrogens with one attached hydrogen (secondary N) is 1. The average molecular weight is 296 g/mol. The summed E-state index contributed by atoms with van der Waals surface area (Å²) in [6.45, 7) is 8.73. The van der Waals surface area contributed by atoms with E-state index in [1.807, 2.05) is 6.92 Å². The molecule has 1 saturated heterocycles. The molecule has 0 bridgehead atoms. The molecule has 0 aliphatic carbocycles. The van der Waals surface area contributed by atoms with Gasteiger partial charge in [0.2, 0.25) is 0 Å². The van der Waals surface area contributed by atoms with E-state index in [1.165, 1.54) is 38.1 Å². The van der Waals surface area contributed by atoms with Gasteiger partial charge in [-0.15, -0.1) is 0 Å². The van der Waals surface area contributed by atoms with E-state index in [2.05, 4.69) is 17.1 Å². The van der Waals surface area contributed by atoms with E-state index in [0.717, 1.165) is 31.0 Å². The van der Waals surface area contributed by atoms with Gasteiger partial charge in [0.05, 0.1) is 0 Å². The van der Waals surface area contributed by atoms with Gasteiger partial charge >= 0.3 is 0 Å². The van der Waals surface area contributed by atoms with E-state index in [9.17, 15) is 8.78 Å². The summed E-state index contributed by atoms with van der Waals surface area (Å²) in [6.07, 6.45) is 3.69. The zero-order valence-corrected chi connectivity index (χ0v) is 13.0. The van der Waals surface area contributed by atoms with Crippen LogP contribution in [0.1, 0.15) is 44.7 Å². The second-order valence-corrected chi connectivity index (χ2v) is 6.23. The van der Waals surface area contributed by atoms with Gasteiger partial charge < -0.3 is 10.2 Å². The lowest BCUT2D eigenvalue weighted by atomic mass is 9.99. The summed E-state index contributed by atoms with van der Waals surface area (Å²) >= 11 is 0. The Balaban J connectivity index is 1.67. The maximum Gasteiger partial charge on any atom is 0.159 e. The molecule has 0 amide bonds. The lowest BCUT2D eigenvalue weighted by Gasteiger charge is -2.30. The minimum absolute atomic E-state index is 0.0430. The van der Waals surface area contributed by atoms with Crippen molar-refractivity contribution in [3.63, 3.8) is 0 Å². The van der Waals surface area contributed by atoms with Gasteiger partial charge in [-0.1, -0.05) is 13.0 Å². The minimum Gasteiger partial charge on any atom is -0.310 e. The van der Waals surface area contributed by atoms with Crippen LogP contribution in [-0.2, 0) is 0 Å². The molecule has 1 aromatic rings. The first kappa shape index (κ1) is 16.4. The maximum absolute atomic E-state index is 13.2. The highest BCUT2D eigenvalue weighted by Crippen LogP contribution is 2.17. The molecule has 2 nitrogen and oxygen atoms in total. The molecule has 1 atom stereocenters. The van der Waals surface area contributed by atoms with Crippen LogP contribution in [0.25, 0.3) is 0 Å². The van der Waals surface area contributed by atoms with Crippen molar-refractivity contribution in [3.8, 4) is 0 Å². The van der Waals surface area contributed by atoms with E-state index >= 15 is 0 Å². The van der Waals surface area contributed by atoms with Gasteiger partial charge in [-0.25, -0.2) is 8.78 Å². The fraction of sp³-hybridized carbons (Fsp3) is 0.647. The molecule has 1 aliphatic heterocycles. The van der Waals surface area contributed by atoms with Gasteiger partial charge in [-0.3, -0.25) is 0 Å². The number of benzene rings is 1. The lowest BCUT2D eigenvalue weighted by molar-refractivity contribution is 0.190. The number of hydrogen-bond acceptors (Lipinski definition) is 2. The number of piperidine rings is 1. The van der Waals surface area contributed by atoms with E-state index in [1.54, 1.807) is 6.07 Å². The van der Waals surface area contributed by atoms with E-state index < -0.39 is 11.6 Å². The first-order valence-corrected chi connectivity index (χ1v) is 7.97. The summed E-state index contributed by atoms with van der Waals surface area (Å²) in [6, 6.07) is 4.15. The molecule has 0 radical (unpaired) electrons. The third kappa shape index (κ3) is 5.04. The van der Waals surface area contributed by atoms with Crippen LogP contribution in [0.3, 0.4) is 0 Å². The molecule has 2 rings (SSSR count). The molecule has 21 heavy (non-hydrogen) atoms. The van der Waals surface area contributed by atoms with E-state index in [4.69, 9.17) is 0 Å². The third-order valence-electron chi connectivity index (χ3n) is 4.42. The fourth-order valence-electron chi connectivity index (χ4n) is 2.81. The quantitative estimate of drug-likeness (QED) is 0.805. The largest absolute Gasteiger partial charge is 0.310 e. The van der Waals surface area contributed by atoms with Crippen molar-refractivity contribution in [3.05, 3.63) is 35.4 Å². The molecule has 1 heterocycles. The number of likely N-dealkylation sites (tertiary alicyclic amines) is 1. The van der Waals surface area contributed by atoms with Gasteiger partial charge in [-0.2, -0.15) is 0 Å². The highest BCUT2D eigenvalue weighted by Gasteiger charge is 2.15. The second-order valence-electron chi connectivity index (χ2n) is 6.23. The molecule has 1 fully saturated rings. The Hall–Kier alpha value is -1.00. The summed E-state index contributed by atoms with van der Waals surface area (Å²) < 4.78 is 26.1. The summed E-state index contributed by atoms with van der Waals surface area (Å²) in [5, 5.41) is 3.38. The smallest absolute Gasteiger partial charge is 0.159 e. The normalized spacial score (nSPS) is 18.9. The topological polar surface area (TPSA) is 15.3 Å². The van der Waals surface area contributed by atoms with Gasteiger partial charge in [0.25, 0.3) is 0 Å². The Kier molecular flexibility index (Phi) is 6.12. The zero-order chi connectivity index (χ0) is 15.2. The van der Waals surface area contributed by atoms with Crippen LogP contribution >= 0.6 is 0 Å². The van der Waals surface area contributed by atoms with Crippen molar-refractivity contribution in [1.29, 1.82) is 0 Å². The lowest BCUT2D eigenvalue weighted by Crippen LogP contribution is -2.35.